The lowest BCUT2D eigenvalue weighted by Gasteiger charge is -2.25. The van der Waals surface area contributed by atoms with Gasteiger partial charge in [0.1, 0.15) is 11.3 Å². The number of hydrogen-bond acceptors (Lipinski definition) is 7. The van der Waals surface area contributed by atoms with Crippen molar-refractivity contribution in [2.45, 2.75) is 44.4 Å². The Morgan fingerprint density at radius 3 is 2.85 bits per heavy atom. The number of ether oxygens (including phenoxy) is 1. The molecule has 3 aromatic rings. The predicted molar refractivity (Wildman–Crippen MR) is 87.3 cm³/mol. The second-order valence-corrected chi connectivity index (χ2v) is 6.14. The fourth-order valence-electron chi connectivity index (χ4n) is 3.11. The van der Waals surface area contributed by atoms with E-state index >= 15 is 0 Å². The summed E-state index contributed by atoms with van der Waals surface area (Å²) in [4.78, 5) is 8.84. The smallest absolute Gasteiger partial charge is 0.388 e. The molecule has 4 rings (SSSR count). The van der Waals surface area contributed by atoms with E-state index in [0.717, 1.165) is 25.7 Å². The normalized spacial score (nSPS) is 20.6. The number of nitrogens with zero attached hydrogens (tertiary/aromatic N) is 5. The number of halogens is 2. The van der Waals surface area contributed by atoms with Crippen LogP contribution >= 0.6 is 0 Å². The summed E-state index contributed by atoms with van der Waals surface area (Å²) >= 11 is 0. The van der Waals surface area contributed by atoms with E-state index in [2.05, 4.69) is 35.3 Å². The first kappa shape index (κ1) is 16.6. The number of alkyl halides is 2. The van der Waals surface area contributed by atoms with Gasteiger partial charge < -0.3 is 15.2 Å². The summed E-state index contributed by atoms with van der Waals surface area (Å²) in [6, 6.07) is 1.47. The average molecular weight is 365 g/mol. The summed E-state index contributed by atoms with van der Waals surface area (Å²) in [5.41, 5.74) is 1.29. The highest BCUT2D eigenvalue weighted by Gasteiger charge is 2.23. The third-order valence-electron chi connectivity index (χ3n) is 4.34. The Bertz CT molecular complexity index is 889. The highest BCUT2D eigenvalue weighted by molar-refractivity contribution is 5.72. The maximum atomic E-state index is 12.2. The lowest BCUT2D eigenvalue weighted by atomic mass is 9.93. The van der Waals surface area contributed by atoms with Crippen LogP contribution in [0.4, 0.5) is 20.4 Å². The number of aromatic nitrogens is 6. The van der Waals surface area contributed by atoms with Crippen LogP contribution in [0.15, 0.2) is 18.5 Å². The van der Waals surface area contributed by atoms with Crippen LogP contribution in [0.1, 0.15) is 31.7 Å². The number of anilines is 2. The van der Waals surface area contributed by atoms with Crippen molar-refractivity contribution >= 4 is 22.8 Å². The van der Waals surface area contributed by atoms with E-state index < -0.39 is 6.61 Å². The highest BCUT2D eigenvalue weighted by Crippen LogP contribution is 2.30. The van der Waals surface area contributed by atoms with Crippen molar-refractivity contribution in [1.82, 2.24) is 29.9 Å². The van der Waals surface area contributed by atoms with Crippen molar-refractivity contribution < 1.29 is 18.6 Å². The molecule has 0 aliphatic heterocycles. The zero-order chi connectivity index (χ0) is 18.1. The number of hydrogen-bond donors (Lipinski definition) is 3. The fourth-order valence-corrected chi connectivity index (χ4v) is 3.11. The maximum absolute atomic E-state index is 12.2. The van der Waals surface area contributed by atoms with Crippen LogP contribution in [0.5, 0.6) is 5.88 Å². The Kier molecular flexibility index (Phi) is 4.37. The second kappa shape index (κ2) is 6.83. The Morgan fingerprint density at radius 1 is 1.27 bits per heavy atom. The molecular weight excluding hydrogens is 348 g/mol. The molecule has 0 aromatic carbocycles. The van der Waals surface area contributed by atoms with Gasteiger partial charge in [-0.1, -0.05) is 0 Å². The van der Waals surface area contributed by atoms with E-state index in [1.807, 2.05) is 4.68 Å². The van der Waals surface area contributed by atoms with E-state index in [1.165, 1.54) is 12.3 Å². The lowest BCUT2D eigenvalue weighted by Crippen LogP contribution is -2.22. The van der Waals surface area contributed by atoms with Crippen molar-refractivity contribution in [1.29, 1.82) is 0 Å². The van der Waals surface area contributed by atoms with Gasteiger partial charge in [-0.05, 0) is 25.7 Å². The molecular formula is C15H17F2N7O2. The van der Waals surface area contributed by atoms with Gasteiger partial charge in [0.2, 0.25) is 5.88 Å². The number of rotatable bonds is 5. The molecule has 26 heavy (non-hydrogen) atoms. The van der Waals surface area contributed by atoms with E-state index in [4.69, 9.17) is 0 Å². The first-order chi connectivity index (χ1) is 12.6. The topological polar surface area (TPSA) is 114 Å². The molecule has 0 amide bonds. The number of nitrogens with one attached hydrogen (secondary N) is 2. The van der Waals surface area contributed by atoms with Gasteiger partial charge in [-0.25, -0.2) is 14.6 Å². The number of aromatic amines is 1. The van der Waals surface area contributed by atoms with Crippen molar-refractivity contribution in [2.24, 2.45) is 0 Å². The molecule has 0 saturated heterocycles. The van der Waals surface area contributed by atoms with Crippen LogP contribution in [0.2, 0.25) is 0 Å². The number of aliphatic hydroxyl groups is 1. The molecule has 0 unspecified atom stereocenters. The molecule has 0 spiro atoms. The zero-order valence-corrected chi connectivity index (χ0v) is 13.6. The third kappa shape index (κ3) is 3.43. The molecule has 3 N–H and O–H groups in total. The molecule has 1 fully saturated rings. The summed E-state index contributed by atoms with van der Waals surface area (Å²) in [5, 5.41) is 23.1. The number of fused-ring (bicyclic) bond motifs is 1. The first-order valence-corrected chi connectivity index (χ1v) is 8.24. The van der Waals surface area contributed by atoms with E-state index in [-0.39, 0.29) is 18.0 Å². The standard InChI is InChI=1S/C15H17F2N7O2/c16-15(17)26-13-5-11(22-23-13)20-12-7-18-10-6-19-24(14(10)21-12)8-1-3-9(25)4-2-8/h5-9,15,25H,1-4H2,(H2,20,21,22,23). The molecule has 0 radical (unpaired) electrons. The molecule has 138 valence electrons. The van der Waals surface area contributed by atoms with Gasteiger partial charge in [-0.3, -0.25) is 5.10 Å². The molecule has 1 saturated carbocycles. The van der Waals surface area contributed by atoms with Gasteiger partial charge in [0.15, 0.2) is 11.5 Å². The highest BCUT2D eigenvalue weighted by atomic mass is 19.3. The van der Waals surface area contributed by atoms with Crippen LogP contribution in [-0.2, 0) is 0 Å². The summed E-state index contributed by atoms with van der Waals surface area (Å²) in [5.74, 6) is 0.547. The molecule has 1 aliphatic carbocycles. The lowest BCUT2D eigenvalue weighted by molar-refractivity contribution is -0.0528. The van der Waals surface area contributed by atoms with Crippen LogP contribution in [0.25, 0.3) is 11.2 Å². The molecule has 0 atom stereocenters. The van der Waals surface area contributed by atoms with E-state index in [9.17, 15) is 13.9 Å². The van der Waals surface area contributed by atoms with Gasteiger partial charge in [-0.15, -0.1) is 5.10 Å². The van der Waals surface area contributed by atoms with Crippen molar-refractivity contribution in [2.75, 3.05) is 5.32 Å². The monoisotopic (exact) mass is 365 g/mol. The molecule has 11 heteroatoms. The van der Waals surface area contributed by atoms with Crippen LogP contribution in [0.3, 0.4) is 0 Å². The molecule has 3 aromatic heterocycles. The van der Waals surface area contributed by atoms with E-state index in [0.29, 0.717) is 22.8 Å². The SMILES string of the molecule is OC1CCC(n2ncc3ncc(Nc4cc(OC(F)F)n[nH]4)nc32)CC1. The quantitative estimate of drug-likeness (QED) is 0.636. The molecule has 0 bridgehead atoms. The fraction of sp³-hybridized carbons (Fsp3) is 0.467. The molecule has 3 heterocycles. The maximum Gasteiger partial charge on any atom is 0.388 e. The summed E-state index contributed by atoms with van der Waals surface area (Å²) in [6.45, 7) is -2.94. The largest absolute Gasteiger partial charge is 0.415 e. The van der Waals surface area contributed by atoms with Gasteiger partial charge >= 0.3 is 6.61 Å². The van der Waals surface area contributed by atoms with Gasteiger partial charge in [0, 0.05) is 6.07 Å². The first-order valence-electron chi connectivity index (χ1n) is 8.24. The second-order valence-electron chi connectivity index (χ2n) is 6.14. The predicted octanol–water partition coefficient (Wildman–Crippen LogP) is 2.37. The van der Waals surface area contributed by atoms with E-state index in [1.54, 1.807) is 6.20 Å². The van der Waals surface area contributed by atoms with Crippen molar-refractivity contribution in [3.05, 3.63) is 18.5 Å². The Labute approximate surface area is 146 Å². The molecule has 9 nitrogen and oxygen atoms in total. The van der Waals surface area contributed by atoms with Gasteiger partial charge in [-0.2, -0.15) is 13.9 Å². The minimum absolute atomic E-state index is 0.165. The van der Waals surface area contributed by atoms with Crippen molar-refractivity contribution in [3.8, 4) is 5.88 Å². The number of H-pyrrole nitrogens is 1. The summed E-state index contributed by atoms with van der Waals surface area (Å²) < 4.78 is 30.4. The molecule has 1 aliphatic rings. The zero-order valence-electron chi connectivity index (χ0n) is 13.6. The third-order valence-corrected chi connectivity index (χ3v) is 4.34. The summed E-state index contributed by atoms with van der Waals surface area (Å²) in [7, 11) is 0. The van der Waals surface area contributed by atoms with Crippen LogP contribution in [0, 0.1) is 0 Å². The van der Waals surface area contributed by atoms with Gasteiger partial charge in [0.05, 0.1) is 24.5 Å². The van der Waals surface area contributed by atoms with Crippen LogP contribution in [-0.4, -0.2) is 47.8 Å². The average Bonchev–Trinajstić information content (AvgIpc) is 3.22. The Morgan fingerprint density at radius 2 is 2.08 bits per heavy atom. The summed E-state index contributed by atoms with van der Waals surface area (Å²) in [6.07, 6.45) is 6.05. The Hall–Kier alpha value is -2.82. The Balaban J connectivity index is 1.55. The number of aliphatic hydroxyl groups excluding tert-OH is 1. The van der Waals surface area contributed by atoms with Gasteiger partial charge in [0.25, 0.3) is 0 Å². The minimum Gasteiger partial charge on any atom is -0.415 e. The van der Waals surface area contributed by atoms with Crippen molar-refractivity contribution in [3.63, 3.8) is 0 Å². The minimum atomic E-state index is -2.94. The van der Waals surface area contributed by atoms with Crippen LogP contribution < -0.4 is 10.1 Å².